The Morgan fingerprint density at radius 2 is 1.77 bits per heavy atom. The summed E-state index contributed by atoms with van der Waals surface area (Å²) < 4.78 is 54.9. The number of alkyl halides is 4. The Morgan fingerprint density at radius 3 is 2.42 bits per heavy atom. The molecule has 2 aromatic rings. The molecule has 2 aliphatic carbocycles. The van der Waals surface area contributed by atoms with Crippen LogP contribution in [-0.2, 0) is 23.9 Å². The second-order valence-electron chi connectivity index (χ2n) is 11.6. The largest absolute Gasteiger partial charge is 0.416 e. The third kappa shape index (κ3) is 4.73. The minimum absolute atomic E-state index is 0.000752. The van der Waals surface area contributed by atoms with E-state index in [1.54, 1.807) is 20.5 Å². The number of amides is 2. The molecule has 0 bridgehead atoms. The van der Waals surface area contributed by atoms with E-state index in [-0.39, 0.29) is 55.8 Å². The van der Waals surface area contributed by atoms with Crippen LogP contribution in [0.5, 0.6) is 0 Å². The molecule has 8 nitrogen and oxygen atoms in total. The van der Waals surface area contributed by atoms with Gasteiger partial charge in [0, 0.05) is 56.2 Å². The van der Waals surface area contributed by atoms with Gasteiger partial charge in [-0.2, -0.15) is 18.3 Å². The maximum Gasteiger partial charge on any atom is 0.416 e. The van der Waals surface area contributed by atoms with Gasteiger partial charge in [0.1, 0.15) is 13.2 Å². The molecule has 2 atom stereocenters. The standard InChI is InChI=1S/C28H33F4N5O3/c1-17-20(28(30,31)32)3-2-4-21(17)34-9-11-35(12-10-34)23(38)15-37-22-14-18-13-19(18)24(22)25(33-37)26(39)36-7-5-27(40,16-29)6-8-36/h2-4,18-19,40H,5-16H2,1H3/t18?,19-/m1/s1. The van der Waals surface area contributed by atoms with Crippen molar-refractivity contribution in [1.29, 1.82) is 0 Å². The Balaban J connectivity index is 1.13. The number of piperidine rings is 1. The molecule has 1 aromatic heterocycles. The summed E-state index contributed by atoms with van der Waals surface area (Å²) in [6.07, 6.45) is -2.29. The first-order valence-electron chi connectivity index (χ1n) is 13.9. The molecular weight excluding hydrogens is 530 g/mol. The molecule has 2 saturated heterocycles. The highest BCUT2D eigenvalue weighted by atomic mass is 19.4. The number of benzene rings is 1. The molecule has 1 N–H and O–H groups in total. The van der Waals surface area contributed by atoms with Crippen LogP contribution >= 0.6 is 0 Å². The quantitative estimate of drug-likeness (QED) is 0.566. The van der Waals surface area contributed by atoms with Crippen LogP contribution in [0.3, 0.4) is 0 Å². The Kier molecular flexibility index (Phi) is 6.59. The van der Waals surface area contributed by atoms with Crippen molar-refractivity contribution >= 4 is 17.5 Å². The highest BCUT2D eigenvalue weighted by molar-refractivity contribution is 5.95. The van der Waals surface area contributed by atoms with E-state index in [1.165, 1.54) is 13.0 Å². The fourth-order valence-corrected chi connectivity index (χ4v) is 6.59. The lowest BCUT2D eigenvalue weighted by Gasteiger charge is -2.37. The van der Waals surface area contributed by atoms with Crippen LogP contribution in [-0.4, -0.2) is 88.0 Å². The number of anilines is 1. The van der Waals surface area contributed by atoms with E-state index < -0.39 is 24.0 Å². The molecule has 216 valence electrons. The van der Waals surface area contributed by atoms with Gasteiger partial charge in [-0.25, -0.2) is 4.39 Å². The molecule has 0 spiro atoms. The topological polar surface area (TPSA) is 81.9 Å². The van der Waals surface area contributed by atoms with E-state index in [9.17, 15) is 32.3 Å². The lowest BCUT2D eigenvalue weighted by Crippen LogP contribution is -2.50. The van der Waals surface area contributed by atoms with Crippen molar-refractivity contribution in [2.45, 2.75) is 56.8 Å². The minimum Gasteiger partial charge on any atom is -0.387 e. The number of hydrogen-bond donors (Lipinski definition) is 1. The van der Waals surface area contributed by atoms with Crippen molar-refractivity contribution < 1.29 is 32.3 Å². The summed E-state index contributed by atoms with van der Waals surface area (Å²) in [5.41, 5.74) is 0.895. The highest BCUT2D eigenvalue weighted by Crippen LogP contribution is 2.57. The number of likely N-dealkylation sites (tertiary alicyclic amines) is 1. The van der Waals surface area contributed by atoms with Crippen molar-refractivity contribution in [3.8, 4) is 0 Å². The predicted octanol–water partition coefficient (Wildman–Crippen LogP) is 3.16. The number of rotatable bonds is 5. The first-order valence-corrected chi connectivity index (χ1v) is 13.9. The summed E-state index contributed by atoms with van der Waals surface area (Å²) in [7, 11) is 0. The van der Waals surface area contributed by atoms with E-state index in [1.807, 2.05) is 4.90 Å². The number of fused-ring (bicyclic) bond motifs is 3. The first kappa shape index (κ1) is 27.0. The number of piperazine rings is 1. The second-order valence-corrected chi connectivity index (χ2v) is 11.6. The van der Waals surface area contributed by atoms with Crippen LogP contribution in [0.4, 0.5) is 23.2 Å². The predicted molar refractivity (Wildman–Crippen MR) is 138 cm³/mol. The van der Waals surface area contributed by atoms with E-state index >= 15 is 0 Å². The van der Waals surface area contributed by atoms with E-state index in [4.69, 9.17) is 0 Å². The van der Waals surface area contributed by atoms with Crippen molar-refractivity contribution in [2.24, 2.45) is 5.92 Å². The lowest BCUT2D eigenvalue weighted by molar-refractivity contribution is -0.138. The van der Waals surface area contributed by atoms with Gasteiger partial charge in [-0.3, -0.25) is 14.3 Å². The molecule has 6 rings (SSSR count). The molecule has 3 fully saturated rings. The monoisotopic (exact) mass is 563 g/mol. The van der Waals surface area contributed by atoms with E-state index in [0.29, 0.717) is 43.5 Å². The Labute approximate surface area is 229 Å². The van der Waals surface area contributed by atoms with Crippen LogP contribution in [0, 0.1) is 12.8 Å². The molecule has 0 radical (unpaired) electrons. The number of nitrogens with zero attached hydrogens (tertiary/aromatic N) is 5. The number of aromatic nitrogens is 2. The maximum atomic E-state index is 13.4. The average molecular weight is 564 g/mol. The zero-order valence-corrected chi connectivity index (χ0v) is 22.4. The van der Waals surface area contributed by atoms with Gasteiger partial charge >= 0.3 is 6.18 Å². The van der Waals surface area contributed by atoms with Gasteiger partial charge in [-0.1, -0.05) is 6.07 Å². The zero-order chi connectivity index (χ0) is 28.4. The average Bonchev–Trinajstić information content (AvgIpc) is 3.46. The zero-order valence-electron chi connectivity index (χ0n) is 22.4. The molecule has 2 amide bonds. The normalized spacial score (nSPS) is 23.7. The Morgan fingerprint density at radius 1 is 1.07 bits per heavy atom. The summed E-state index contributed by atoms with van der Waals surface area (Å²) in [5.74, 6) is 0.375. The van der Waals surface area contributed by atoms with Crippen molar-refractivity contribution in [3.05, 3.63) is 46.3 Å². The summed E-state index contributed by atoms with van der Waals surface area (Å²) >= 11 is 0. The molecule has 40 heavy (non-hydrogen) atoms. The van der Waals surface area contributed by atoms with Crippen LogP contribution < -0.4 is 4.90 Å². The third-order valence-electron chi connectivity index (χ3n) is 9.15. The van der Waals surface area contributed by atoms with Crippen LogP contribution in [0.25, 0.3) is 0 Å². The maximum absolute atomic E-state index is 13.4. The smallest absolute Gasteiger partial charge is 0.387 e. The van der Waals surface area contributed by atoms with Crippen molar-refractivity contribution in [2.75, 3.05) is 50.8 Å². The first-order chi connectivity index (χ1) is 19.0. The van der Waals surface area contributed by atoms with Gasteiger partial charge in [-0.05, 0) is 62.1 Å². The van der Waals surface area contributed by atoms with E-state index in [2.05, 4.69) is 5.10 Å². The van der Waals surface area contributed by atoms with Crippen LogP contribution in [0.15, 0.2) is 18.2 Å². The SMILES string of the molecule is Cc1c(N2CCN(C(=O)Cn3nc(C(=O)N4CCC(O)(CF)CC4)c4c3CC3C[C@@H]43)CC2)cccc1C(F)(F)F. The van der Waals surface area contributed by atoms with Gasteiger partial charge in [0.25, 0.3) is 5.91 Å². The van der Waals surface area contributed by atoms with Gasteiger partial charge in [0.05, 0.1) is 11.2 Å². The van der Waals surface area contributed by atoms with Gasteiger partial charge in [0.15, 0.2) is 5.69 Å². The van der Waals surface area contributed by atoms with Crippen molar-refractivity contribution in [3.63, 3.8) is 0 Å². The lowest BCUT2D eigenvalue weighted by atomic mass is 9.92. The van der Waals surface area contributed by atoms with Gasteiger partial charge in [0.2, 0.25) is 5.91 Å². The molecule has 3 heterocycles. The van der Waals surface area contributed by atoms with Gasteiger partial charge < -0.3 is 19.8 Å². The van der Waals surface area contributed by atoms with Crippen LogP contribution in [0.1, 0.15) is 58.1 Å². The van der Waals surface area contributed by atoms with Crippen molar-refractivity contribution in [1.82, 2.24) is 19.6 Å². The third-order valence-corrected chi connectivity index (χ3v) is 9.15. The fourth-order valence-electron chi connectivity index (χ4n) is 6.59. The fraction of sp³-hybridized carbons (Fsp3) is 0.607. The molecular formula is C28H33F4N5O3. The Hall–Kier alpha value is -3.15. The van der Waals surface area contributed by atoms with Crippen LogP contribution in [0.2, 0.25) is 0 Å². The molecule has 1 aromatic carbocycles. The molecule has 4 aliphatic rings. The molecule has 1 unspecified atom stereocenters. The minimum atomic E-state index is -4.42. The number of aliphatic hydroxyl groups is 1. The van der Waals surface area contributed by atoms with E-state index in [0.717, 1.165) is 30.2 Å². The second kappa shape index (κ2) is 9.74. The van der Waals surface area contributed by atoms with Gasteiger partial charge in [-0.15, -0.1) is 0 Å². The summed E-state index contributed by atoms with van der Waals surface area (Å²) in [6, 6.07) is 4.17. The molecule has 12 heteroatoms. The number of carbonyl (C=O) groups excluding carboxylic acids is 2. The summed E-state index contributed by atoms with van der Waals surface area (Å²) in [6.45, 7) is 2.73. The Bertz CT molecular complexity index is 1330. The number of halogens is 4. The molecule has 1 saturated carbocycles. The molecule has 2 aliphatic heterocycles. The summed E-state index contributed by atoms with van der Waals surface area (Å²) in [5, 5.41) is 14.8. The number of hydrogen-bond acceptors (Lipinski definition) is 5. The number of carbonyl (C=O) groups is 2. The summed E-state index contributed by atoms with van der Waals surface area (Å²) in [4.78, 5) is 31.9. The highest BCUT2D eigenvalue weighted by Gasteiger charge is 2.51.